The largest absolute Gasteiger partial charge is 0.351 e. The second-order valence-electron chi connectivity index (χ2n) is 4.54. The average molecular weight is 248 g/mol. The number of carbonyl (C=O) groups excluding carboxylic acids is 1. The Labute approximate surface area is 108 Å². The number of hydrogen-bond acceptors (Lipinski definition) is 4. The summed E-state index contributed by atoms with van der Waals surface area (Å²) in [7, 11) is 0. The van der Waals surface area contributed by atoms with Gasteiger partial charge in [-0.1, -0.05) is 0 Å². The van der Waals surface area contributed by atoms with Crippen LogP contribution in [-0.4, -0.2) is 48.0 Å². The van der Waals surface area contributed by atoms with E-state index in [9.17, 15) is 4.79 Å². The molecule has 1 aromatic rings. The average Bonchev–Trinajstić information content (AvgIpc) is 2.46. The third-order valence-electron chi connectivity index (χ3n) is 3.29. The van der Waals surface area contributed by atoms with Gasteiger partial charge in [0, 0.05) is 45.1 Å². The van der Waals surface area contributed by atoms with E-state index in [1.165, 1.54) is 0 Å². The minimum atomic E-state index is -0.0612. The molecule has 2 N–H and O–H groups in total. The molecule has 0 bridgehead atoms. The minimum absolute atomic E-state index is 0.0612. The summed E-state index contributed by atoms with van der Waals surface area (Å²) in [6.45, 7) is 6.32. The van der Waals surface area contributed by atoms with Crippen molar-refractivity contribution in [1.29, 1.82) is 0 Å². The number of amides is 1. The van der Waals surface area contributed by atoms with Crippen molar-refractivity contribution >= 4 is 5.91 Å². The number of rotatable bonds is 4. The number of nitrogens with one attached hydrogen (secondary N) is 2. The summed E-state index contributed by atoms with van der Waals surface area (Å²) in [4.78, 5) is 18.2. The highest BCUT2D eigenvalue weighted by Gasteiger charge is 2.22. The predicted octanol–water partition coefficient (Wildman–Crippen LogP) is -0.00850. The van der Waals surface area contributed by atoms with E-state index in [1.54, 1.807) is 12.4 Å². The van der Waals surface area contributed by atoms with Gasteiger partial charge in [0.25, 0.3) is 0 Å². The Hall–Kier alpha value is -1.46. The molecule has 1 aliphatic rings. The van der Waals surface area contributed by atoms with Crippen molar-refractivity contribution in [1.82, 2.24) is 20.5 Å². The molecular weight excluding hydrogens is 228 g/mol. The Morgan fingerprint density at radius 3 is 2.78 bits per heavy atom. The summed E-state index contributed by atoms with van der Waals surface area (Å²) in [5.74, 6) is 0.0914. The highest BCUT2D eigenvalue weighted by Crippen LogP contribution is 2.02. The van der Waals surface area contributed by atoms with Gasteiger partial charge in [-0.3, -0.25) is 14.7 Å². The number of aromatic nitrogens is 1. The van der Waals surface area contributed by atoms with Crippen molar-refractivity contribution in [3.05, 3.63) is 30.1 Å². The first-order valence-corrected chi connectivity index (χ1v) is 6.39. The van der Waals surface area contributed by atoms with Crippen molar-refractivity contribution in [3.63, 3.8) is 0 Å². The van der Waals surface area contributed by atoms with E-state index in [0.29, 0.717) is 6.54 Å². The van der Waals surface area contributed by atoms with E-state index in [4.69, 9.17) is 0 Å². The summed E-state index contributed by atoms with van der Waals surface area (Å²) >= 11 is 0. The van der Waals surface area contributed by atoms with E-state index >= 15 is 0 Å². The number of nitrogens with zero attached hydrogens (tertiary/aromatic N) is 2. The fraction of sp³-hybridized carbons (Fsp3) is 0.538. The van der Waals surface area contributed by atoms with Gasteiger partial charge in [0.05, 0.1) is 6.04 Å². The lowest BCUT2D eigenvalue weighted by Gasteiger charge is -2.31. The third-order valence-corrected chi connectivity index (χ3v) is 3.29. The van der Waals surface area contributed by atoms with Gasteiger partial charge in [-0.25, -0.2) is 0 Å². The third kappa shape index (κ3) is 3.51. The molecule has 1 atom stereocenters. The Kier molecular flexibility index (Phi) is 4.66. The first kappa shape index (κ1) is 13.0. The second-order valence-corrected chi connectivity index (χ2v) is 4.54. The van der Waals surface area contributed by atoms with E-state index in [0.717, 1.165) is 31.7 Å². The van der Waals surface area contributed by atoms with Crippen LogP contribution in [0.15, 0.2) is 24.5 Å². The Morgan fingerprint density at radius 2 is 2.11 bits per heavy atom. The molecule has 0 aliphatic carbocycles. The molecule has 2 rings (SSSR count). The van der Waals surface area contributed by atoms with Crippen molar-refractivity contribution < 1.29 is 4.79 Å². The van der Waals surface area contributed by atoms with Crippen LogP contribution in [0.5, 0.6) is 0 Å². The predicted molar refractivity (Wildman–Crippen MR) is 70.0 cm³/mol. The van der Waals surface area contributed by atoms with Crippen LogP contribution in [0, 0.1) is 0 Å². The fourth-order valence-corrected chi connectivity index (χ4v) is 2.07. The van der Waals surface area contributed by atoms with Crippen molar-refractivity contribution in [2.75, 3.05) is 26.2 Å². The topological polar surface area (TPSA) is 57.3 Å². The molecule has 2 heterocycles. The maximum atomic E-state index is 12.0. The van der Waals surface area contributed by atoms with Crippen molar-refractivity contribution in [2.24, 2.45) is 0 Å². The van der Waals surface area contributed by atoms with Gasteiger partial charge < -0.3 is 10.6 Å². The Bertz CT molecular complexity index is 376. The number of hydrogen-bond donors (Lipinski definition) is 2. The molecule has 1 fully saturated rings. The molecule has 1 saturated heterocycles. The molecule has 0 aromatic carbocycles. The zero-order valence-corrected chi connectivity index (χ0v) is 10.7. The van der Waals surface area contributed by atoms with E-state index in [2.05, 4.69) is 20.5 Å². The molecule has 0 radical (unpaired) electrons. The maximum absolute atomic E-state index is 12.0. The first-order valence-electron chi connectivity index (χ1n) is 6.39. The summed E-state index contributed by atoms with van der Waals surface area (Å²) in [6, 6.07) is 3.76. The molecule has 5 heteroatoms. The van der Waals surface area contributed by atoms with Crippen LogP contribution < -0.4 is 10.6 Å². The van der Waals surface area contributed by atoms with Crippen LogP contribution in [0.25, 0.3) is 0 Å². The normalized spacial score (nSPS) is 18.3. The van der Waals surface area contributed by atoms with Crippen LogP contribution in [-0.2, 0) is 11.3 Å². The molecule has 0 saturated carbocycles. The lowest BCUT2D eigenvalue weighted by Crippen LogP contribution is -2.52. The second kappa shape index (κ2) is 6.47. The quantitative estimate of drug-likeness (QED) is 0.787. The maximum Gasteiger partial charge on any atom is 0.237 e. The fourth-order valence-electron chi connectivity index (χ4n) is 2.07. The minimum Gasteiger partial charge on any atom is -0.351 e. The lowest BCUT2D eigenvalue weighted by molar-refractivity contribution is -0.126. The van der Waals surface area contributed by atoms with Gasteiger partial charge >= 0.3 is 0 Å². The van der Waals surface area contributed by atoms with Crippen molar-refractivity contribution in [2.45, 2.75) is 19.5 Å². The number of pyridine rings is 1. The highest BCUT2D eigenvalue weighted by molar-refractivity contribution is 5.81. The van der Waals surface area contributed by atoms with Crippen molar-refractivity contribution in [3.8, 4) is 0 Å². The van der Waals surface area contributed by atoms with Crippen LogP contribution in [0.2, 0.25) is 0 Å². The molecule has 5 nitrogen and oxygen atoms in total. The molecule has 1 aromatic heterocycles. The van der Waals surface area contributed by atoms with Crippen LogP contribution >= 0.6 is 0 Å². The standard InChI is InChI=1S/C13H20N4O/c1-11(17-8-6-15-7-9-17)13(18)16-10-12-2-4-14-5-3-12/h2-5,11,15H,6-10H2,1H3,(H,16,18). The van der Waals surface area contributed by atoms with Gasteiger partial charge in [-0.2, -0.15) is 0 Å². The van der Waals surface area contributed by atoms with E-state index in [-0.39, 0.29) is 11.9 Å². The smallest absolute Gasteiger partial charge is 0.237 e. The number of carbonyl (C=O) groups is 1. The first-order chi connectivity index (χ1) is 8.77. The molecular formula is C13H20N4O. The molecule has 1 amide bonds. The summed E-state index contributed by atoms with van der Waals surface area (Å²) in [5.41, 5.74) is 1.07. The van der Waals surface area contributed by atoms with E-state index < -0.39 is 0 Å². The molecule has 1 aliphatic heterocycles. The molecule has 98 valence electrons. The Balaban J connectivity index is 1.80. The SMILES string of the molecule is CC(C(=O)NCc1ccncc1)N1CCNCC1. The van der Waals surface area contributed by atoms with Crippen LogP contribution in [0.4, 0.5) is 0 Å². The summed E-state index contributed by atoms with van der Waals surface area (Å²) in [5, 5.41) is 6.25. The zero-order chi connectivity index (χ0) is 12.8. The summed E-state index contributed by atoms with van der Waals surface area (Å²) in [6.07, 6.45) is 3.47. The molecule has 0 spiro atoms. The zero-order valence-electron chi connectivity index (χ0n) is 10.7. The number of piperazine rings is 1. The molecule has 1 unspecified atom stereocenters. The lowest BCUT2D eigenvalue weighted by atomic mass is 10.2. The highest BCUT2D eigenvalue weighted by atomic mass is 16.2. The van der Waals surface area contributed by atoms with Gasteiger partial charge in [-0.15, -0.1) is 0 Å². The van der Waals surface area contributed by atoms with Gasteiger partial charge in [-0.05, 0) is 24.6 Å². The van der Waals surface area contributed by atoms with E-state index in [1.807, 2.05) is 19.1 Å². The van der Waals surface area contributed by atoms with Crippen LogP contribution in [0.1, 0.15) is 12.5 Å². The van der Waals surface area contributed by atoms with Crippen LogP contribution in [0.3, 0.4) is 0 Å². The summed E-state index contributed by atoms with van der Waals surface area (Å²) < 4.78 is 0. The van der Waals surface area contributed by atoms with Gasteiger partial charge in [0.1, 0.15) is 0 Å². The molecule has 18 heavy (non-hydrogen) atoms. The van der Waals surface area contributed by atoms with Gasteiger partial charge in [0.15, 0.2) is 0 Å². The monoisotopic (exact) mass is 248 g/mol. The Morgan fingerprint density at radius 1 is 1.44 bits per heavy atom. The van der Waals surface area contributed by atoms with Gasteiger partial charge in [0.2, 0.25) is 5.91 Å².